The van der Waals surface area contributed by atoms with Crippen molar-refractivity contribution >= 4 is 11.9 Å². The molecule has 0 heterocycles. The molecule has 1 atom stereocenters. The molecule has 0 saturated heterocycles. The lowest BCUT2D eigenvalue weighted by atomic mass is 10.1. The molecule has 0 spiro atoms. The first-order chi connectivity index (χ1) is 11.0. The van der Waals surface area contributed by atoms with E-state index in [1.165, 1.54) is 24.0 Å². The number of nitrogens with zero attached hydrogens (tertiary/aromatic N) is 2. The molecule has 134 valence electrons. The van der Waals surface area contributed by atoms with E-state index in [1.54, 1.807) is 19.0 Å². The zero-order valence-corrected chi connectivity index (χ0v) is 13.8. The summed E-state index contributed by atoms with van der Waals surface area (Å²) in [6, 6.07) is 4.68. The molecule has 1 N–H and O–H groups in total. The van der Waals surface area contributed by atoms with Crippen molar-refractivity contribution in [2.75, 3.05) is 27.2 Å². The van der Waals surface area contributed by atoms with Gasteiger partial charge in [-0.2, -0.15) is 13.2 Å². The van der Waals surface area contributed by atoms with Crippen molar-refractivity contribution in [2.24, 2.45) is 5.92 Å². The van der Waals surface area contributed by atoms with E-state index >= 15 is 0 Å². The second kappa shape index (κ2) is 8.14. The Balaban J connectivity index is 3.00. The lowest BCUT2D eigenvalue weighted by Gasteiger charge is -2.26. The summed E-state index contributed by atoms with van der Waals surface area (Å²) in [4.78, 5) is 26.4. The number of aliphatic carboxylic acids is 1. The Morgan fingerprint density at radius 3 is 2.33 bits per heavy atom. The van der Waals surface area contributed by atoms with Gasteiger partial charge >= 0.3 is 12.1 Å². The highest BCUT2D eigenvalue weighted by Gasteiger charge is 2.31. The van der Waals surface area contributed by atoms with Crippen LogP contribution in [-0.2, 0) is 22.3 Å². The average molecular weight is 346 g/mol. The van der Waals surface area contributed by atoms with Crippen LogP contribution in [0.1, 0.15) is 18.1 Å². The summed E-state index contributed by atoms with van der Waals surface area (Å²) >= 11 is 0. The van der Waals surface area contributed by atoms with Crippen LogP contribution in [0.4, 0.5) is 13.2 Å². The molecule has 0 fully saturated rings. The fourth-order valence-electron chi connectivity index (χ4n) is 2.03. The van der Waals surface area contributed by atoms with Gasteiger partial charge in [0.2, 0.25) is 5.91 Å². The van der Waals surface area contributed by atoms with Gasteiger partial charge in [0.05, 0.1) is 5.56 Å². The summed E-state index contributed by atoms with van der Waals surface area (Å²) in [5.74, 6) is -3.14. The van der Waals surface area contributed by atoms with E-state index < -0.39 is 29.5 Å². The maximum absolute atomic E-state index is 12.8. The molecule has 1 aromatic carbocycles. The molecular formula is C16H21F3N2O3. The highest BCUT2D eigenvalue weighted by molar-refractivity contribution is 5.96. The number of benzene rings is 1. The Labute approximate surface area is 138 Å². The van der Waals surface area contributed by atoms with E-state index in [9.17, 15) is 22.8 Å². The monoisotopic (exact) mass is 346 g/mol. The highest BCUT2D eigenvalue weighted by atomic mass is 19.4. The third kappa shape index (κ3) is 5.84. The molecule has 1 aromatic rings. The molecule has 0 bridgehead atoms. The summed E-state index contributed by atoms with van der Waals surface area (Å²) in [6.07, 6.45) is -4.47. The minimum absolute atomic E-state index is 0.0752. The predicted molar refractivity (Wildman–Crippen MR) is 82.2 cm³/mol. The van der Waals surface area contributed by atoms with Gasteiger partial charge in [-0.3, -0.25) is 9.59 Å². The Morgan fingerprint density at radius 1 is 1.21 bits per heavy atom. The van der Waals surface area contributed by atoms with Gasteiger partial charge in [0.15, 0.2) is 0 Å². The molecule has 0 aromatic heterocycles. The summed E-state index contributed by atoms with van der Waals surface area (Å²) in [7, 11) is 3.57. The van der Waals surface area contributed by atoms with Gasteiger partial charge in [-0.1, -0.05) is 12.1 Å². The molecular weight excluding hydrogens is 325 g/mol. The van der Waals surface area contributed by atoms with E-state index in [4.69, 9.17) is 5.11 Å². The molecule has 0 radical (unpaired) electrons. The number of halogens is 3. The molecule has 0 aliphatic heterocycles. The normalized spacial score (nSPS) is 13.0. The van der Waals surface area contributed by atoms with Crippen LogP contribution in [0.2, 0.25) is 0 Å². The largest absolute Gasteiger partial charge is 0.481 e. The summed E-state index contributed by atoms with van der Waals surface area (Å²) < 4.78 is 38.4. The van der Waals surface area contributed by atoms with Crippen molar-refractivity contribution in [1.29, 1.82) is 0 Å². The van der Waals surface area contributed by atoms with Crippen LogP contribution in [0.5, 0.6) is 0 Å². The Morgan fingerprint density at radius 2 is 1.83 bits per heavy atom. The number of carboxylic acid groups (broad SMARTS) is 1. The van der Waals surface area contributed by atoms with Crippen molar-refractivity contribution in [3.05, 3.63) is 35.4 Å². The number of likely N-dealkylation sites (N-methyl/N-ethyl adjacent to an activating group) is 1. The third-order valence-electron chi connectivity index (χ3n) is 3.50. The van der Waals surface area contributed by atoms with Crippen LogP contribution in [0.25, 0.3) is 0 Å². The maximum atomic E-state index is 12.8. The standard InChI is InChI=1S/C16H21F3N2O3/c1-11(15(23)24)14(22)21(8-7-20(2)3)10-12-5-4-6-13(9-12)16(17,18)19/h4-6,9,11H,7-8,10H2,1-3H3,(H,23,24). The number of carbonyl (C=O) groups is 2. The summed E-state index contributed by atoms with van der Waals surface area (Å²) in [6.45, 7) is 1.88. The van der Waals surface area contributed by atoms with Gasteiger partial charge in [0.25, 0.3) is 0 Å². The Bertz CT molecular complexity index is 588. The van der Waals surface area contributed by atoms with Gasteiger partial charge < -0.3 is 14.9 Å². The topological polar surface area (TPSA) is 60.9 Å². The first-order valence-electron chi connectivity index (χ1n) is 7.35. The first kappa shape index (κ1) is 20.0. The molecule has 0 aliphatic carbocycles. The van der Waals surface area contributed by atoms with Crippen LogP contribution in [0.3, 0.4) is 0 Å². The molecule has 0 saturated carbocycles. The van der Waals surface area contributed by atoms with Crippen LogP contribution < -0.4 is 0 Å². The number of amides is 1. The molecule has 0 aliphatic rings. The fraction of sp³-hybridized carbons (Fsp3) is 0.500. The molecule has 1 rings (SSSR count). The van der Waals surface area contributed by atoms with Gasteiger partial charge in [-0.05, 0) is 38.7 Å². The summed E-state index contributed by atoms with van der Waals surface area (Å²) in [5.41, 5.74) is -0.499. The second-order valence-electron chi connectivity index (χ2n) is 5.82. The van der Waals surface area contributed by atoms with E-state index in [0.717, 1.165) is 12.1 Å². The number of carboxylic acids is 1. The number of hydrogen-bond acceptors (Lipinski definition) is 3. The average Bonchev–Trinajstić information content (AvgIpc) is 2.49. The highest BCUT2D eigenvalue weighted by Crippen LogP contribution is 2.29. The van der Waals surface area contributed by atoms with E-state index in [0.29, 0.717) is 12.1 Å². The van der Waals surface area contributed by atoms with Crippen LogP contribution in [-0.4, -0.2) is 54.0 Å². The minimum Gasteiger partial charge on any atom is -0.481 e. The number of alkyl halides is 3. The maximum Gasteiger partial charge on any atom is 0.416 e. The lowest BCUT2D eigenvalue weighted by Crippen LogP contribution is -2.41. The number of carbonyl (C=O) groups excluding carboxylic acids is 1. The smallest absolute Gasteiger partial charge is 0.416 e. The van der Waals surface area contributed by atoms with E-state index in [2.05, 4.69) is 0 Å². The van der Waals surface area contributed by atoms with Crippen molar-refractivity contribution in [3.63, 3.8) is 0 Å². The van der Waals surface area contributed by atoms with E-state index in [1.807, 2.05) is 0 Å². The van der Waals surface area contributed by atoms with Crippen LogP contribution >= 0.6 is 0 Å². The molecule has 1 amide bonds. The predicted octanol–water partition coefficient (Wildman–Crippen LogP) is 2.32. The van der Waals surface area contributed by atoms with Crippen molar-refractivity contribution in [1.82, 2.24) is 9.80 Å². The second-order valence-corrected chi connectivity index (χ2v) is 5.82. The molecule has 24 heavy (non-hydrogen) atoms. The van der Waals surface area contributed by atoms with Gasteiger partial charge in [-0.15, -0.1) is 0 Å². The quantitative estimate of drug-likeness (QED) is 0.770. The number of rotatable bonds is 7. The zero-order chi connectivity index (χ0) is 18.5. The first-order valence-corrected chi connectivity index (χ1v) is 7.35. The third-order valence-corrected chi connectivity index (χ3v) is 3.50. The van der Waals surface area contributed by atoms with E-state index in [-0.39, 0.29) is 13.1 Å². The molecule has 8 heteroatoms. The Kier molecular flexibility index (Phi) is 6.77. The van der Waals surface area contributed by atoms with Crippen LogP contribution in [0.15, 0.2) is 24.3 Å². The Hall–Kier alpha value is -2.09. The molecule has 1 unspecified atom stereocenters. The zero-order valence-electron chi connectivity index (χ0n) is 13.8. The fourth-order valence-corrected chi connectivity index (χ4v) is 2.03. The van der Waals surface area contributed by atoms with Crippen LogP contribution in [0, 0.1) is 5.92 Å². The minimum atomic E-state index is -4.47. The SMILES string of the molecule is CC(C(=O)O)C(=O)N(CCN(C)C)Cc1cccc(C(F)(F)F)c1. The van der Waals surface area contributed by atoms with Gasteiger partial charge in [0, 0.05) is 19.6 Å². The molecule has 5 nitrogen and oxygen atoms in total. The lowest BCUT2D eigenvalue weighted by molar-refractivity contribution is -0.150. The summed E-state index contributed by atoms with van der Waals surface area (Å²) in [5, 5.41) is 8.99. The van der Waals surface area contributed by atoms with Crippen molar-refractivity contribution < 1.29 is 27.9 Å². The van der Waals surface area contributed by atoms with Gasteiger partial charge in [0.1, 0.15) is 5.92 Å². The van der Waals surface area contributed by atoms with Crippen molar-refractivity contribution in [3.8, 4) is 0 Å². The van der Waals surface area contributed by atoms with Crippen molar-refractivity contribution in [2.45, 2.75) is 19.6 Å². The van der Waals surface area contributed by atoms with Gasteiger partial charge in [-0.25, -0.2) is 0 Å². The number of hydrogen-bond donors (Lipinski definition) is 1.